The first-order chi connectivity index (χ1) is 7.97. The summed E-state index contributed by atoms with van der Waals surface area (Å²) in [6, 6.07) is 5.03. The molecule has 1 atom stereocenters. The van der Waals surface area contributed by atoms with Crippen molar-refractivity contribution in [1.29, 1.82) is 0 Å². The lowest BCUT2D eigenvalue weighted by Gasteiger charge is -2.10. The molecule has 0 aliphatic carbocycles. The van der Waals surface area contributed by atoms with Gasteiger partial charge in [0.2, 0.25) is 0 Å². The highest BCUT2D eigenvalue weighted by Crippen LogP contribution is 2.17. The molecule has 3 nitrogen and oxygen atoms in total. The van der Waals surface area contributed by atoms with E-state index in [4.69, 9.17) is 16.3 Å². The van der Waals surface area contributed by atoms with Crippen LogP contribution in [0.1, 0.15) is 40.1 Å². The van der Waals surface area contributed by atoms with Crippen LogP contribution in [0.5, 0.6) is 0 Å². The number of rotatable bonds is 4. The lowest BCUT2D eigenvalue weighted by Crippen LogP contribution is -2.17. The average Bonchev–Trinajstić information content (AvgIpc) is 2.28. The first kappa shape index (κ1) is 13.7. The van der Waals surface area contributed by atoms with Crippen molar-refractivity contribution in [2.24, 2.45) is 0 Å². The number of hydrogen-bond acceptors (Lipinski definition) is 3. The second-order valence-electron chi connectivity index (χ2n) is 3.75. The van der Waals surface area contributed by atoms with Crippen LogP contribution in [0.25, 0.3) is 0 Å². The van der Waals surface area contributed by atoms with Gasteiger partial charge in [-0.3, -0.25) is 4.79 Å². The van der Waals surface area contributed by atoms with E-state index in [9.17, 15) is 9.59 Å². The van der Waals surface area contributed by atoms with E-state index in [1.165, 1.54) is 0 Å². The fourth-order valence-electron chi connectivity index (χ4n) is 1.46. The zero-order chi connectivity index (χ0) is 13.0. The fraction of sp³-hybridized carbons (Fsp3) is 0.385. The highest BCUT2D eigenvalue weighted by Gasteiger charge is 2.21. The first-order valence-corrected chi connectivity index (χ1v) is 5.87. The van der Waals surface area contributed by atoms with Crippen molar-refractivity contribution in [3.63, 3.8) is 0 Å². The van der Waals surface area contributed by atoms with Crippen LogP contribution in [-0.4, -0.2) is 23.7 Å². The minimum atomic E-state index is -0.661. The third-order valence-corrected chi connectivity index (χ3v) is 2.50. The zero-order valence-corrected chi connectivity index (χ0v) is 10.9. The number of esters is 1. The molecule has 0 fully saturated rings. The summed E-state index contributed by atoms with van der Waals surface area (Å²) in [4.78, 5) is 23.6. The molecule has 0 saturated heterocycles. The van der Waals surface area contributed by atoms with Gasteiger partial charge in [-0.25, -0.2) is 4.79 Å². The van der Waals surface area contributed by atoms with Crippen molar-refractivity contribution in [1.82, 2.24) is 0 Å². The molecule has 0 aliphatic heterocycles. The summed E-state index contributed by atoms with van der Waals surface area (Å²) in [7, 11) is 0. The Morgan fingerprint density at radius 3 is 2.53 bits per heavy atom. The summed E-state index contributed by atoms with van der Waals surface area (Å²) >= 11 is 5.75. The van der Waals surface area contributed by atoms with Crippen LogP contribution in [0.4, 0.5) is 0 Å². The molecular formula is C13H15ClO3. The van der Waals surface area contributed by atoms with Gasteiger partial charge in [0.15, 0.2) is 5.78 Å². The van der Waals surface area contributed by atoms with E-state index < -0.39 is 11.3 Å². The minimum absolute atomic E-state index is 0.269. The molecule has 1 rings (SSSR count). The number of aryl methyl sites for hydroxylation is 1. The molecule has 1 unspecified atom stereocenters. The molecule has 92 valence electrons. The number of ketones is 1. The van der Waals surface area contributed by atoms with E-state index >= 15 is 0 Å². The quantitative estimate of drug-likeness (QED) is 0.471. The van der Waals surface area contributed by atoms with Gasteiger partial charge in [0.1, 0.15) is 0 Å². The van der Waals surface area contributed by atoms with Gasteiger partial charge < -0.3 is 4.74 Å². The largest absolute Gasteiger partial charge is 0.462 e. The summed E-state index contributed by atoms with van der Waals surface area (Å²) in [6.07, 6.45) is 0. The van der Waals surface area contributed by atoms with Crippen LogP contribution in [0, 0.1) is 6.92 Å². The van der Waals surface area contributed by atoms with E-state index in [0.717, 1.165) is 5.56 Å². The van der Waals surface area contributed by atoms with Crippen molar-refractivity contribution in [2.75, 3.05) is 6.61 Å². The van der Waals surface area contributed by atoms with Crippen LogP contribution in [0.3, 0.4) is 0 Å². The predicted molar refractivity (Wildman–Crippen MR) is 66.8 cm³/mol. The lowest BCUT2D eigenvalue weighted by atomic mass is 9.99. The zero-order valence-electron chi connectivity index (χ0n) is 10.1. The number of Topliss-reactive ketones (excluding diaryl/α,β-unsaturated/α-hetero) is 1. The number of benzene rings is 1. The summed E-state index contributed by atoms with van der Waals surface area (Å²) in [6.45, 7) is 5.43. The third kappa shape index (κ3) is 3.30. The topological polar surface area (TPSA) is 43.4 Å². The van der Waals surface area contributed by atoms with Gasteiger partial charge in [-0.2, -0.15) is 0 Å². The van der Waals surface area contributed by atoms with E-state index in [0.29, 0.717) is 5.56 Å². The molecule has 0 radical (unpaired) electrons. The van der Waals surface area contributed by atoms with Crippen molar-refractivity contribution >= 4 is 23.4 Å². The normalized spacial score (nSPS) is 12.0. The van der Waals surface area contributed by atoms with Crippen molar-refractivity contribution < 1.29 is 14.3 Å². The molecular weight excluding hydrogens is 240 g/mol. The minimum Gasteiger partial charge on any atom is -0.462 e. The molecule has 4 heteroatoms. The van der Waals surface area contributed by atoms with Crippen LogP contribution in [0.2, 0.25) is 0 Å². The molecule has 0 N–H and O–H groups in total. The van der Waals surface area contributed by atoms with E-state index in [1.807, 2.05) is 6.92 Å². The Kier molecular flexibility index (Phi) is 4.70. The van der Waals surface area contributed by atoms with E-state index in [1.54, 1.807) is 32.0 Å². The second kappa shape index (κ2) is 5.82. The third-order valence-electron chi connectivity index (χ3n) is 2.30. The van der Waals surface area contributed by atoms with Crippen LogP contribution in [0.15, 0.2) is 18.2 Å². The molecule has 0 amide bonds. The van der Waals surface area contributed by atoms with Gasteiger partial charge in [-0.05, 0) is 26.8 Å². The molecule has 17 heavy (non-hydrogen) atoms. The molecule has 0 aromatic heterocycles. The van der Waals surface area contributed by atoms with Crippen molar-refractivity contribution in [3.05, 3.63) is 34.9 Å². The van der Waals surface area contributed by atoms with Gasteiger partial charge in [0.25, 0.3) is 0 Å². The molecule has 1 aromatic carbocycles. The maximum absolute atomic E-state index is 11.8. The van der Waals surface area contributed by atoms with Gasteiger partial charge in [-0.15, -0.1) is 11.6 Å². The standard InChI is InChI=1S/C13H15ClO3/c1-4-17-13(16)11-7-8(2)5-6-10(11)12(15)9(3)14/h5-7,9H,4H2,1-3H3. The molecule has 0 aliphatic rings. The smallest absolute Gasteiger partial charge is 0.338 e. The van der Waals surface area contributed by atoms with Crippen LogP contribution < -0.4 is 0 Å². The molecule has 0 heterocycles. The highest BCUT2D eigenvalue weighted by atomic mass is 35.5. The molecule has 0 saturated carbocycles. The summed E-state index contributed by atoms with van der Waals surface area (Å²) in [5, 5.41) is -0.661. The number of alkyl halides is 1. The highest BCUT2D eigenvalue weighted by molar-refractivity contribution is 6.34. The second-order valence-corrected chi connectivity index (χ2v) is 4.40. The number of carbonyl (C=O) groups is 2. The predicted octanol–water partition coefficient (Wildman–Crippen LogP) is 2.98. The number of hydrogen-bond donors (Lipinski definition) is 0. The van der Waals surface area contributed by atoms with E-state index in [-0.39, 0.29) is 18.0 Å². The summed E-state index contributed by atoms with van der Waals surface area (Å²) < 4.78 is 4.92. The number of halogens is 1. The van der Waals surface area contributed by atoms with Gasteiger partial charge in [-0.1, -0.05) is 17.7 Å². The fourth-order valence-corrected chi connectivity index (χ4v) is 1.58. The Morgan fingerprint density at radius 2 is 2.00 bits per heavy atom. The van der Waals surface area contributed by atoms with Crippen molar-refractivity contribution in [3.8, 4) is 0 Å². The summed E-state index contributed by atoms with van der Waals surface area (Å²) in [5.74, 6) is -0.758. The Labute approximate surface area is 106 Å². The Balaban J connectivity index is 3.21. The SMILES string of the molecule is CCOC(=O)c1cc(C)ccc1C(=O)C(C)Cl. The van der Waals surface area contributed by atoms with Gasteiger partial charge in [0, 0.05) is 5.56 Å². The maximum atomic E-state index is 11.8. The number of ether oxygens (including phenoxy) is 1. The van der Waals surface area contributed by atoms with Crippen molar-refractivity contribution in [2.45, 2.75) is 26.1 Å². The van der Waals surface area contributed by atoms with Crippen LogP contribution >= 0.6 is 11.6 Å². The Hall–Kier alpha value is -1.35. The maximum Gasteiger partial charge on any atom is 0.338 e. The van der Waals surface area contributed by atoms with Crippen LogP contribution in [-0.2, 0) is 4.74 Å². The van der Waals surface area contributed by atoms with E-state index in [2.05, 4.69) is 0 Å². The number of carbonyl (C=O) groups excluding carboxylic acids is 2. The Morgan fingerprint density at radius 1 is 1.35 bits per heavy atom. The first-order valence-electron chi connectivity index (χ1n) is 5.43. The Bertz CT molecular complexity index is 438. The summed E-state index contributed by atoms with van der Waals surface area (Å²) in [5.41, 5.74) is 1.49. The molecule has 1 aromatic rings. The molecule has 0 bridgehead atoms. The monoisotopic (exact) mass is 254 g/mol. The van der Waals surface area contributed by atoms with Gasteiger partial charge in [0.05, 0.1) is 17.5 Å². The average molecular weight is 255 g/mol. The molecule has 0 spiro atoms. The van der Waals surface area contributed by atoms with Gasteiger partial charge >= 0.3 is 5.97 Å². The lowest BCUT2D eigenvalue weighted by molar-refractivity contribution is 0.0523.